The molecule has 118 valence electrons. The number of nitrogens with one attached hydrogen (secondary N) is 2. The fourth-order valence-electron chi connectivity index (χ4n) is 1.84. The number of rotatable bonds is 4. The molecule has 2 rings (SSSR count). The summed E-state index contributed by atoms with van der Waals surface area (Å²) in [5.41, 5.74) is 5.93. The minimum atomic E-state index is -0.130. The minimum absolute atomic E-state index is 0. The van der Waals surface area contributed by atoms with Crippen LogP contribution < -0.4 is 21.3 Å². The normalized spacial score (nSPS) is 13.6. The summed E-state index contributed by atoms with van der Waals surface area (Å²) in [6, 6.07) is 3.56. The van der Waals surface area contributed by atoms with Crippen molar-refractivity contribution in [3.05, 3.63) is 18.3 Å². The smallest absolute Gasteiger partial charge is 0.239 e. The van der Waals surface area contributed by atoms with Crippen molar-refractivity contribution in [2.24, 2.45) is 5.73 Å². The number of carbonyl (C=O) groups excluding carboxylic acids is 2. The highest BCUT2D eigenvalue weighted by Gasteiger charge is 2.17. The number of carbonyl (C=O) groups is 2. The number of anilines is 2. The molecule has 0 aliphatic carbocycles. The molecular formula is C12H19Cl2N5O2. The number of hydrogen-bond acceptors (Lipinski definition) is 5. The summed E-state index contributed by atoms with van der Waals surface area (Å²) >= 11 is 0. The molecule has 0 radical (unpaired) electrons. The molecule has 4 N–H and O–H groups in total. The molecule has 0 bridgehead atoms. The predicted molar refractivity (Wildman–Crippen MR) is 86.3 cm³/mol. The standard InChI is InChI=1S/C12H17N5O2.2ClH/c13-4-3-11(18)16-9-1-2-10(15-7-9)17-6-5-14-12(19)8-17;;/h1-2,7H,3-6,8,13H2,(H,14,19)(H,16,18);2*1H. The molecule has 9 heteroatoms. The molecule has 0 aromatic carbocycles. The van der Waals surface area contributed by atoms with Gasteiger partial charge in [0.25, 0.3) is 0 Å². The second kappa shape index (κ2) is 9.38. The zero-order valence-electron chi connectivity index (χ0n) is 11.4. The van der Waals surface area contributed by atoms with Crippen LogP contribution in [-0.4, -0.2) is 43.0 Å². The largest absolute Gasteiger partial charge is 0.353 e. The van der Waals surface area contributed by atoms with Crippen molar-refractivity contribution in [1.29, 1.82) is 0 Å². The predicted octanol–water partition coefficient (Wildman–Crippen LogP) is 0.149. The molecule has 0 spiro atoms. The number of amides is 2. The van der Waals surface area contributed by atoms with Crippen molar-refractivity contribution in [2.45, 2.75) is 6.42 Å². The molecule has 0 saturated carbocycles. The lowest BCUT2D eigenvalue weighted by Crippen LogP contribution is -2.48. The Morgan fingerprint density at radius 2 is 2.19 bits per heavy atom. The Labute approximate surface area is 135 Å². The Bertz CT molecular complexity index is 469. The highest BCUT2D eigenvalue weighted by Crippen LogP contribution is 2.14. The van der Waals surface area contributed by atoms with Crippen molar-refractivity contribution < 1.29 is 9.59 Å². The van der Waals surface area contributed by atoms with Gasteiger partial charge in [-0.15, -0.1) is 24.8 Å². The van der Waals surface area contributed by atoms with Crippen LogP contribution in [0.3, 0.4) is 0 Å². The highest BCUT2D eigenvalue weighted by molar-refractivity contribution is 5.90. The van der Waals surface area contributed by atoms with Crippen molar-refractivity contribution >= 4 is 48.1 Å². The summed E-state index contributed by atoms with van der Waals surface area (Å²) in [6.07, 6.45) is 1.87. The van der Waals surface area contributed by atoms with Crippen LogP contribution in [0, 0.1) is 0 Å². The maximum Gasteiger partial charge on any atom is 0.239 e. The van der Waals surface area contributed by atoms with E-state index in [0.29, 0.717) is 25.3 Å². The van der Waals surface area contributed by atoms with Gasteiger partial charge in [-0.05, 0) is 12.1 Å². The van der Waals surface area contributed by atoms with Gasteiger partial charge in [0.1, 0.15) is 5.82 Å². The topological polar surface area (TPSA) is 100 Å². The lowest BCUT2D eigenvalue weighted by Gasteiger charge is -2.27. The van der Waals surface area contributed by atoms with Gasteiger partial charge < -0.3 is 21.3 Å². The van der Waals surface area contributed by atoms with Gasteiger partial charge in [-0.25, -0.2) is 4.98 Å². The van der Waals surface area contributed by atoms with E-state index in [2.05, 4.69) is 15.6 Å². The van der Waals surface area contributed by atoms with Gasteiger partial charge in [0, 0.05) is 26.1 Å². The molecule has 21 heavy (non-hydrogen) atoms. The zero-order valence-corrected chi connectivity index (χ0v) is 13.0. The summed E-state index contributed by atoms with van der Waals surface area (Å²) < 4.78 is 0. The highest BCUT2D eigenvalue weighted by atomic mass is 35.5. The molecule has 1 aliphatic rings. The van der Waals surface area contributed by atoms with Gasteiger partial charge in [0.05, 0.1) is 18.4 Å². The molecule has 1 saturated heterocycles. The van der Waals surface area contributed by atoms with Crippen LogP contribution in [0.4, 0.5) is 11.5 Å². The number of halogens is 2. The first-order valence-electron chi connectivity index (χ1n) is 6.16. The average Bonchev–Trinajstić information content (AvgIpc) is 2.40. The Morgan fingerprint density at radius 3 is 2.76 bits per heavy atom. The van der Waals surface area contributed by atoms with E-state index >= 15 is 0 Å². The van der Waals surface area contributed by atoms with E-state index < -0.39 is 0 Å². The van der Waals surface area contributed by atoms with E-state index in [-0.39, 0.29) is 43.0 Å². The first kappa shape index (κ1) is 19.4. The third-order valence-electron chi connectivity index (χ3n) is 2.77. The van der Waals surface area contributed by atoms with Gasteiger partial charge in [-0.3, -0.25) is 9.59 Å². The maximum atomic E-state index is 11.4. The number of aromatic nitrogens is 1. The third kappa shape index (κ3) is 5.74. The number of nitrogens with two attached hydrogens (primary N) is 1. The second-order valence-electron chi connectivity index (χ2n) is 4.26. The van der Waals surface area contributed by atoms with Gasteiger partial charge >= 0.3 is 0 Å². The summed E-state index contributed by atoms with van der Waals surface area (Å²) in [5.74, 6) is 0.592. The van der Waals surface area contributed by atoms with Crippen molar-refractivity contribution in [3.8, 4) is 0 Å². The summed E-state index contributed by atoms with van der Waals surface area (Å²) in [6.45, 7) is 1.99. The van der Waals surface area contributed by atoms with Gasteiger partial charge in [-0.2, -0.15) is 0 Å². The second-order valence-corrected chi connectivity index (χ2v) is 4.26. The zero-order chi connectivity index (χ0) is 13.7. The number of hydrogen-bond donors (Lipinski definition) is 3. The number of piperazine rings is 1. The Balaban J connectivity index is 0.00000200. The lowest BCUT2D eigenvalue weighted by atomic mass is 10.3. The molecule has 1 aromatic rings. The Morgan fingerprint density at radius 1 is 1.43 bits per heavy atom. The van der Waals surface area contributed by atoms with Crippen LogP contribution in [-0.2, 0) is 9.59 Å². The summed E-state index contributed by atoms with van der Waals surface area (Å²) in [7, 11) is 0. The van der Waals surface area contributed by atoms with Crippen LogP contribution in [0.15, 0.2) is 18.3 Å². The fourth-order valence-corrected chi connectivity index (χ4v) is 1.84. The van der Waals surface area contributed by atoms with E-state index in [4.69, 9.17) is 5.73 Å². The van der Waals surface area contributed by atoms with E-state index in [1.807, 2.05) is 4.90 Å². The van der Waals surface area contributed by atoms with E-state index in [1.54, 1.807) is 18.3 Å². The Kier molecular flexibility index (Phi) is 8.68. The molecular weight excluding hydrogens is 317 g/mol. The van der Waals surface area contributed by atoms with Crippen LogP contribution in [0.25, 0.3) is 0 Å². The van der Waals surface area contributed by atoms with Crippen molar-refractivity contribution in [3.63, 3.8) is 0 Å². The SMILES string of the molecule is Cl.Cl.NCCC(=O)Nc1ccc(N2CCNC(=O)C2)nc1. The maximum absolute atomic E-state index is 11.4. The molecule has 1 fully saturated rings. The molecule has 0 atom stereocenters. The summed E-state index contributed by atoms with van der Waals surface area (Å²) in [4.78, 5) is 28.8. The average molecular weight is 336 g/mol. The quantitative estimate of drug-likeness (QED) is 0.727. The van der Waals surface area contributed by atoms with Crippen molar-refractivity contribution in [2.75, 3.05) is 36.4 Å². The van der Waals surface area contributed by atoms with Crippen LogP contribution in [0.5, 0.6) is 0 Å². The Hall–Kier alpha value is -1.57. The summed E-state index contributed by atoms with van der Waals surface area (Å²) in [5, 5.41) is 5.46. The number of pyridine rings is 1. The first-order chi connectivity index (χ1) is 9.19. The van der Waals surface area contributed by atoms with Gasteiger partial charge in [-0.1, -0.05) is 0 Å². The van der Waals surface area contributed by atoms with Crippen molar-refractivity contribution in [1.82, 2.24) is 10.3 Å². The van der Waals surface area contributed by atoms with Gasteiger partial charge in [0.15, 0.2) is 0 Å². The van der Waals surface area contributed by atoms with Crippen LogP contribution >= 0.6 is 24.8 Å². The molecule has 2 heterocycles. The number of nitrogens with zero attached hydrogens (tertiary/aromatic N) is 2. The molecule has 1 aliphatic heterocycles. The van der Waals surface area contributed by atoms with E-state index in [9.17, 15) is 9.59 Å². The monoisotopic (exact) mass is 335 g/mol. The first-order valence-corrected chi connectivity index (χ1v) is 6.16. The van der Waals surface area contributed by atoms with Crippen LogP contribution in [0.2, 0.25) is 0 Å². The minimum Gasteiger partial charge on any atom is -0.353 e. The molecule has 7 nitrogen and oxygen atoms in total. The van der Waals surface area contributed by atoms with E-state index in [0.717, 1.165) is 12.4 Å². The molecule has 0 unspecified atom stereocenters. The molecule has 2 amide bonds. The lowest BCUT2D eigenvalue weighted by molar-refractivity contribution is -0.120. The van der Waals surface area contributed by atoms with Gasteiger partial charge in [0.2, 0.25) is 11.8 Å². The van der Waals surface area contributed by atoms with E-state index in [1.165, 1.54) is 0 Å². The molecule has 1 aromatic heterocycles. The van der Waals surface area contributed by atoms with Crippen LogP contribution in [0.1, 0.15) is 6.42 Å². The fraction of sp³-hybridized carbons (Fsp3) is 0.417. The third-order valence-corrected chi connectivity index (χ3v) is 2.77.